The van der Waals surface area contributed by atoms with Gasteiger partial charge in [0.25, 0.3) is 0 Å². The van der Waals surface area contributed by atoms with Crippen molar-refractivity contribution in [2.75, 3.05) is 31.6 Å². The summed E-state index contributed by atoms with van der Waals surface area (Å²) in [6.45, 7) is 2.23. The Morgan fingerprint density at radius 1 is 1.14 bits per heavy atom. The smallest absolute Gasteiger partial charge is 0.222 e. The number of carbonyl (C=O) groups excluding carboxylic acids is 1. The lowest BCUT2D eigenvalue weighted by Gasteiger charge is -2.61. The quantitative estimate of drug-likeness (QED) is 0.739. The van der Waals surface area contributed by atoms with Crippen LogP contribution < -0.4 is 4.90 Å². The Morgan fingerprint density at radius 2 is 1.90 bits per heavy atom. The van der Waals surface area contributed by atoms with Gasteiger partial charge in [-0.15, -0.1) is 0 Å². The average molecular weight is 397 g/mol. The van der Waals surface area contributed by atoms with Crippen molar-refractivity contribution in [3.05, 3.63) is 66.0 Å². The number of amides is 1. The fourth-order valence-corrected chi connectivity index (χ4v) is 4.86. The molecule has 0 unspecified atom stereocenters. The average Bonchev–Trinajstić information content (AvgIpc) is 2.74. The lowest BCUT2D eigenvalue weighted by atomic mass is 9.73. The van der Waals surface area contributed by atoms with E-state index < -0.39 is 0 Å². The van der Waals surface area contributed by atoms with E-state index >= 15 is 0 Å². The zero-order valence-electron chi connectivity index (χ0n) is 17.0. The molecule has 1 atom stereocenters. The van der Waals surface area contributed by atoms with Gasteiger partial charge < -0.3 is 14.5 Å². The van der Waals surface area contributed by atoms with E-state index in [0.717, 1.165) is 51.0 Å². The van der Waals surface area contributed by atoms with Crippen molar-refractivity contribution in [3.8, 4) is 0 Å². The number of hydrogen-bond donors (Lipinski definition) is 0. The monoisotopic (exact) mass is 396 g/mol. The lowest BCUT2D eigenvalue weighted by molar-refractivity contribution is -0.135. The molecular formula is C24H29FN2O2. The van der Waals surface area contributed by atoms with E-state index in [1.807, 2.05) is 29.2 Å². The van der Waals surface area contributed by atoms with Gasteiger partial charge in [0, 0.05) is 38.9 Å². The molecule has 4 rings (SSSR count). The number of likely N-dealkylation sites (tertiary alicyclic amines) is 1. The summed E-state index contributed by atoms with van der Waals surface area (Å²) in [5.74, 6) is 0.0194. The zero-order chi connectivity index (χ0) is 20.3. The van der Waals surface area contributed by atoms with Gasteiger partial charge in [-0.25, -0.2) is 4.39 Å². The van der Waals surface area contributed by atoms with Crippen molar-refractivity contribution < 1.29 is 13.9 Å². The number of anilines is 1. The van der Waals surface area contributed by atoms with Crippen molar-refractivity contribution in [3.63, 3.8) is 0 Å². The number of nitrogens with zero attached hydrogens (tertiary/aromatic N) is 2. The third-order valence-electron chi connectivity index (χ3n) is 6.57. The molecule has 0 aromatic heterocycles. The molecule has 0 N–H and O–H groups in total. The minimum absolute atomic E-state index is 0.126. The van der Waals surface area contributed by atoms with Gasteiger partial charge in [0.1, 0.15) is 5.82 Å². The van der Waals surface area contributed by atoms with Gasteiger partial charge in [0.05, 0.1) is 11.6 Å². The molecule has 5 heteroatoms. The second-order valence-electron chi connectivity index (χ2n) is 8.14. The number of piperidine rings is 1. The molecule has 0 aliphatic carbocycles. The first-order valence-electron chi connectivity index (χ1n) is 10.5. The van der Waals surface area contributed by atoms with Crippen LogP contribution in [0.1, 0.15) is 31.2 Å². The van der Waals surface area contributed by atoms with Crippen molar-refractivity contribution in [2.24, 2.45) is 0 Å². The molecular weight excluding hydrogens is 367 g/mol. The topological polar surface area (TPSA) is 32.8 Å². The fraction of sp³-hybridized carbons (Fsp3) is 0.458. The molecule has 2 fully saturated rings. The minimum atomic E-state index is -0.218. The first kappa shape index (κ1) is 19.9. The molecule has 2 aliphatic rings. The summed E-state index contributed by atoms with van der Waals surface area (Å²) in [6, 6.07) is 17.1. The molecule has 154 valence electrons. The predicted molar refractivity (Wildman–Crippen MR) is 112 cm³/mol. The summed E-state index contributed by atoms with van der Waals surface area (Å²) >= 11 is 0. The van der Waals surface area contributed by atoms with E-state index in [1.165, 1.54) is 11.6 Å². The highest BCUT2D eigenvalue weighted by atomic mass is 19.1. The van der Waals surface area contributed by atoms with Gasteiger partial charge in [-0.1, -0.05) is 36.4 Å². The van der Waals surface area contributed by atoms with E-state index in [-0.39, 0.29) is 23.4 Å². The maximum absolute atomic E-state index is 13.7. The number of methoxy groups -OCH3 is 1. The van der Waals surface area contributed by atoms with Crippen LogP contribution in [0, 0.1) is 5.82 Å². The standard InChI is InChI=1S/C24H29FN2O2/c1-29-22-18-27(21-11-6-10-20(25)17-21)24(22)13-15-26(16-14-24)23(28)12-5-9-19-7-3-2-4-8-19/h2-4,6-8,10-11,17,22H,5,9,12-16,18H2,1H3/t22-/m0/s1. The Morgan fingerprint density at radius 3 is 2.59 bits per heavy atom. The van der Waals surface area contributed by atoms with Crippen molar-refractivity contribution in [1.82, 2.24) is 4.90 Å². The SMILES string of the molecule is CO[C@H]1CN(c2cccc(F)c2)C12CCN(C(=O)CCCc1ccccc1)CC2. The van der Waals surface area contributed by atoms with Crippen molar-refractivity contribution in [1.29, 1.82) is 0 Å². The molecule has 2 aromatic rings. The molecule has 0 radical (unpaired) electrons. The van der Waals surface area contributed by atoms with Gasteiger partial charge in [-0.2, -0.15) is 0 Å². The third kappa shape index (κ3) is 4.01. The van der Waals surface area contributed by atoms with Crippen LogP contribution in [0.15, 0.2) is 54.6 Å². The number of rotatable bonds is 6. The summed E-state index contributed by atoms with van der Waals surface area (Å²) in [5.41, 5.74) is 2.05. The maximum Gasteiger partial charge on any atom is 0.222 e. The summed E-state index contributed by atoms with van der Waals surface area (Å²) in [5, 5.41) is 0. The first-order chi connectivity index (χ1) is 14.1. The zero-order valence-corrected chi connectivity index (χ0v) is 17.0. The Bertz CT molecular complexity index is 834. The number of hydrogen-bond acceptors (Lipinski definition) is 3. The van der Waals surface area contributed by atoms with Crippen LogP contribution in [0.2, 0.25) is 0 Å². The van der Waals surface area contributed by atoms with Crippen molar-refractivity contribution in [2.45, 2.75) is 43.7 Å². The highest BCUT2D eigenvalue weighted by Crippen LogP contribution is 2.44. The summed E-state index contributed by atoms with van der Waals surface area (Å²) < 4.78 is 19.5. The molecule has 0 bridgehead atoms. The second kappa shape index (κ2) is 8.54. The van der Waals surface area contributed by atoms with E-state index in [4.69, 9.17) is 4.74 Å². The number of benzene rings is 2. The third-order valence-corrected chi connectivity index (χ3v) is 6.57. The first-order valence-corrected chi connectivity index (χ1v) is 10.5. The molecule has 2 heterocycles. The molecule has 4 nitrogen and oxygen atoms in total. The summed E-state index contributed by atoms with van der Waals surface area (Å²) in [6.07, 6.45) is 4.23. The van der Waals surface area contributed by atoms with Gasteiger partial charge in [-0.05, 0) is 49.4 Å². The Balaban J connectivity index is 1.33. The van der Waals surface area contributed by atoms with E-state index in [9.17, 15) is 9.18 Å². The van der Waals surface area contributed by atoms with Gasteiger partial charge >= 0.3 is 0 Å². The highest BCUT2D eigenvalue weighted by Gasteiger charge is 2.55. The largest absolute Gasteiger partial charge is 0.377 e. The Hall–Kier alpha value is -2.40. The molecule has 2 saturated heterocycles. The molecule has 2 aliphatic heterocycles. The van der Waals surface area contributed by atoms with Gasteiger partial charge in [0.15, 0.2) is 0 Å². The van der Waals surface area contributed by atoms with Gasteiger partial charge in [-0.3, -0.25) is 4.79 Å². The normalized spacial score (nSPS) is 20.6. The number of carbonyl (C=O) groups is 1. The van der Waals surface area contributed by atoms with E-state index in [2.05, 4.69) is 17.0 Å². The Labute approximate surface area is 172 Å². The van der Waals surface area contributed by atoms with Crippen LogP contribution in [0.5, 0.6) is 0 Å². The second-order valence-corrected chi connectivity index (χ2v) is 8.14. The predicted octanol–water partition coefficient (Wildman–Crippen LogP) is 4.04. The molecule has 2 aromatic carbocycles. The van der Waals surface area contributed by atoms with E-state index in [1.54, 1.807) is 19.2 Å². The van der Waals surface area contributed by atoms with Crippen LogP contribution in [-0.2, 0) is 16.0 Å². The van der Waals surface area contributed by atoms with Crippen LogP contribution in [0.25, 0.3) is 0 Å². The molecule has 1 amide bonds. The maximum atomic E-state index is 13.7. The number of halogens is 1. The van der Waals surface area contributed by atoms with Gasteiger partial charge in [0.2, 0.25) is 5.91 Å². The Kier molecular flexibility index (Phi) is 5.86. The highest BCUT2D eigenvalue weighted by molar-refractivity contribution is 5.76. The number of ether oxygens (including phenoxy) is 1. The molecule has 1 spiro atoms. The fourth-order valence-electron chi connectivity index (χ4n) is 4.86. The lowest BCUT2D eigenvalue weighted by Crippen LogP contribution is -2.74. The summed E-state index contributed by atoms with van der Waals surface area (Å²) in [7, 11) is 1.75. The molecule has 0 saturated carbocycles. The van der Waals surface area contributed by atoms with E-state index in [0.29, 0.717) is 6.42 Å². The van der Waals surface area contributed by atoms with Crippen LogP contribution >= 0.6 is 0 Å². The summed E-state index contributed by atoms with van der Waals surface area (Å²) in [4.78, 5) is 16.9. The molecule has 29 heavy (non-hydrogen) atoms. The van der Waals surface area contributed by atoms with Crippen LogP contribution in [0.4, 0.5) is 10.1 Å². The van der Waals surface area contributed by atoms with Crippen LogP contribution in [0.3, 0.4) is 0 Å². The number of aryl methyl sites for hydroxylation is 1. The minimum Gasteiger partial charge on any atom is -0.377 e. The van der Waals surface area contributed by atoms with Crippen LogP contribution in [-0.4, -0.2) is 49.2 Å². The van der Waals surface area contributed by atoms with Crippen molar-refractivity contribution >= 4 is 11.6 Å².